The molecular formula is C14H21BrN2O. The molecule has 0 aliphatic heterocycles. The van der Waals surface area contributed by atoms with Gasteiger partial charge in [0, 0.05) is 17.6 Å². The lowest BCUT2D eigenvalue weighted by Gasteiger charge is -2.42. The van der Waals surface area contributed by atoms with Gasteiger partial charge in [-0.1, -0.05) is 34.1 Å². The van der Waals surface area contributed by atoms with Crippen LogP contribution in [0.4, 0.5) is 0 Å². The van der Waals surface area contributed by atoms with Crippen molar-refractivity contribution < 1.29 is 4.74 Å². The first kappa shape index (κ1) is 14.0. The minimum Gasteiger partial charge on any atom is -0.378 e. The average Bonchev–Trinajstić information content (AvgIpc) is 2.35. The van der Waals surface area contributed by atoms with Gasteiger partial charge < -0.3 is 4.74 Å². The molecule has 1 saturated carbocycles. The van der Waals surface area contributed by atoms with Crippen molar-refractivity contribution in [2.24, 2.45) is 5.84 Å². The predicted octanol–water partition coefficient (Wildman–Crippen LogP) is 2.78. The van der Waals surface area contributed by atoms with Gasteiger partial charge in [-0.2, -0.15) is 0 Å². The Labute approximate surface area is 117 Å². The monoisotopic (exact) mass is 312 g/mol. The molecule has 1 unspecified atom stereocenters. The molecule has 1 aliphatic rings. The largest absolute Gasteiger partial charge is 0.378 e. The van der Waals surface area contributed by atoms with E-state index in [4.69, 9.17) is 10.6 Å². The van der Waals surface area contributed by atoms with Crippen LogP contribution in [0.5, 0.6) is 0 Å². The summed E-state index contributed by atoms with van der Waals surface area (Å²) in [6, 6.07) is 8.54. The zero-order valence-electron chi connectivity index (χ0n) is 10.8. The highest BCUT2D eigenvalue weighted by Gasteiger charge is 2.38. The number of nitrogens with two attached hydrogens (primary N) is 1. The first-order chi connectivity index (χ1) is 8.69. The highest BCUT2D eigenvalue weighted by Crippen LogP contribution is 2.39. The van der Waals surface area contributed by atoms with Gasteiger partial charge in [0.1, 0.15) is 0 Å². The van der Waals surface area contributed by atoms with Gasteiger partial charge in [0.05, 0.1) is 5.60 Å². The van der Waals surface area contributed by atoms with Crippen molar-refractivity contribution in [1.82, 2.24) is 5.43 Å². The van der Waals surface area contributed by atoms with Crippen molar-refractivity contribution in [3.63, 3.8) is 0 Å². The molecule has 0 aromatic heterocycles. The summed E-state index contributed by atoms with van der Waals surface area (Å²) in [4.78, 5) is 0. The molecule has 0 amide bonds. The molecule has 4 heteroatoms. The zero-order valence-corrected chi connectivity index (χ0v) is 12.4. The van der Waals surface area contributed by atoms with Crippen molar-refractivity contribution in [3.05, 3.63) is 34.3 Å². The molecule has 2 rings (SSSR count). The Hall–Kier alpha value is -0.420. The third-order valence-electron chi connectivity index (χ3n) is 3.98. The molecule has 0 spiro atoms. The molecule has 3 nitrogen and oxygen atoms in total. The fourth-order valence-electron chi connectivity index (χ4n) is 2.63. The fourth-order valence-corrected chi connectivity index (χ4v) is 3.08. The van der Waals surface area contributed by atoms with Gasteiger partial charge in [-0.25, -0.2) is 0 Å². The van der Waals surface area contributed by atoms with E-state index in [-0.39, 0.29) is 11.6 Å². The normalized spacial score (nSPS) is 19.3. The third-order valence-corrected chi connectivity index (χ3v) is 4.75. The number of hydrogen-bond donors (Lipinski definition) is 2. The molecule has 100 valence electrons. The van der Waals surface area contributed by atoms with E-state index >= 15 is 0 Å². The summed E-state index contributed by atoms with van der Waals surface area (Å²) in [5, 5.41) is 0. The predicted molar refractivity (Wildman–Crippen MR) is 77.2 cm³/mol. The molecule has 1 aromatic carbocycles. The molecule has 1 aromatic rings. The van der Waals surface area contributed by atoms with E-state index in [2.05, 4.69) is 39.6 Å². The maximum Gasteiger partial charge on any atom is 0.0694 e. The Kier molecular flexibility index (Phi) is 4.78. The smallest absolute Gasteiger partial charge is 0.0694 e. The highest BCUT2D eigenvalue weighted by molar-refractivity contribution is 9.10. The summed E-state index contributed by atoms with van der Waals surface area (Å²) >= 11 is 3.58. The number of methoxy groups -OCH3 is 1. The number of hydrogen-bond acceptors (Lipinski definition) is 3. The van der Waals surface area contributed by atoms with Gasteiger partial charge in [0.25, 0.3) is 0 Å². The molecule has 18 heavy (non-hydrogen) atoms. The van der Waals surface area contributed by atoms with Gasteiger partial charge in [0.15, 0.2) is 0 Å². The van der Waals surface area contributed by atoms with Crippen LogP contribution < -0.4 is 11.3 Å². The van der Waals surface area contributed by atoms with E-state index in [1.54, 1.807) is 0 Å². The lowest BCUT2D eigenvalue weighted by atomic mass is 9.75. The molecule has 1 atom stereocenters. The van der Waals surface area contributed by atoms with Crippen LogP contribution in [0.2, 0.25) is 0 Å². The Morgan fingerprint density at radius 1 is 1.44 bits per heavy atom. The van der Waals surface area contributed by atoms with Gasteiger partial charge in [0.2, 0.25) is 0 Å². The van der Waals surface area contributed by atoms with Crippen LogP contribution in [0, 0.1) is 0 Å². The fraction of sp³-hybridized carbons (Fsp3) is 0.571. The third kappa shape index (κ3) is 3.12. The Morgan fingerprint density at radius 3 is 2.67 bits per heavy atom. The molecule has 0 radical (unpaired) electrons. The number of benzene rings is 1. The van der Waals surface area contributed by atoms with Crippen LogP contribution in [0.3, 0.4) is 0 Å². The summed E-state index contributed by atoms with van der Waals surface area (Å²) < 4.78 is 6.81. The van der Waals surface area contributed by atoms with Crippen molar-refractivity contribution in [2.45, 2.75) is 43.7 Å². The van der Waals surface area contributed by atoms with E-state index in [1.807, 2.05) is 13.2 Å². The molecule has 0 bridgehead atoms. The van der Waals surface area contributed by atoms with E-state index in [0.717, 1.165) is 30.2 Å². The van der Waals surface area contributed by atoms with Crippen LogP contribution in [0.15, 0.2) is 28.7 Å². The van der Waals surface area contributed by atoms with E-state index in [0.29, 0.717) is 0 Å². The second-order valence-electron chi connectivity index (χ2n) is 5.10. The quantitative estimate of drug-likeness (QED) is 0.627. The number of rotatable bonds is 6. The minimum atomic E-state index is 0.0539. The van der Waals surface area contributed by atoms with Crippen LogP contribution in [-0.4, -0.2) is 18.8 Å². The van der Waals surface area contributed by atoms with E-state index in [1.165, 1.54) is 12.0 Å². The first-order valence-electron chi connectivity index (χ1n) is 6.44. The number of hydrazine groups is 1. The molecule has 0 saturated heterocycles. The van der Waals surface area contributed by atoms with E-state index < -0.39 is 0 Å². The zero-order chi connectivity index (χ0) is 13.0. The van der Waals surface area contributed by atoms with Crippen LogP contribution in [0.1, 0.15) is 31.2 Å². The Morgan fingerprint density at radius 2 is 2.17 bits per heavy atom. The van der Waals surface area contributed by atoms with Crippen LogP contribution in [-0.2, 0) is 11.2 Å². The number of nitrogens with one attached hydrogen (secondary N) is 1. The SMILES string of the molecule is COC1(CC(Cc2ccccc2Br)NN)CCC1. The Bertz CT molecular complexity index is 388. The van der Waals surface area contributed by atoms with Gasteiger partial charge in [-0.3, -0.25) is 11.3 Å². The number of ether oxygens (including phenoxy) is 1. The lowest BCUT2D eigenvalue weighted by Crippen LogP contribution is -2.48. The van der Waals surface area contributed by atoms with Crippen molar-refractivity contribution in [2.75, 3.05) is 7.11 Å². The van der Waals surface area contributed by atoms with E-state index in [9.17, 15) is 0 Å². The van der Waals surface area contributed by atoms with Crippen LogP contribution >= 0.6 is 15.9 Å². The molecule has 1 aliphatic carbocycles. The van der Waals surface area contributed by atoms with Crippen LogP contribution in [0.25, 0.3) is 0 Å². The van der Waals surface area contributed by atoms with Crippen molar-refractivity contribution >= 4 is 15.9 Å². The molecule has 0 heterocycles. The minimum absolute atomic E-state index is 0.0539. The second kappa shape index (κ2) is 6.15. The molecule has 1 fully saturated rings. The summed E-state index contributed by atoms with van der Waals surface area (Å²) in [6.07, 6.45) is 5.46. The van der Waals surface area contributed by atoms with Gasteiger partial charge >= 0.3 is 0 Å². The second-order valence-corrected chi connectivity index (χ2v) is 5.96. The van der Waals surface area contributed by atoms with Crippen molar-refractivity contribution in [1.29, 1.82) is 0 Å². The summed E-state index contributed by atoms with van der Waals surface area (Å²) in [5.41, 5.74) is 4.27. The average molecular weight is 313 g/mol. The highest BCUT2D eigenvalue weighted by atomic mass is 79.9. The summed E-state index contributed by atoms with van der Waals surface area (Å²) in [7, 11) is 1.81. The van der Waals surface area contributed by atoms with Gasteiger partial charge in [-0.15, -0.1) is 0 Å². The lowest BCUT2D eigenvalue weighted by molar-refractivity contribution is -0.0834. The molecule has 3 N–H and O–H groups in total. The maximum atomic E-state index is 5.69. The summed E-state index contributed by atoms with van der Waals surface area (Å²) in [6.45, 7) is 0. The molecular weight excluding hydrogens is 292 g/mol. The van der Waals surface area contributed by atoms with Gasteiger partial charge in [-0.05, 0) is 43.7 Å². The standard InChI is InChI=1S/C14H21BrN2O/c1-18-14(7-4-8-14)10-12(17-16)9-11-5-2-3-6-13(11)15/h2-3,5-6,12,17H,4,7-10,16H2,1H3. The summed E-state index contributed by atoms with van der Waals surface area (Å²) in [5.74, 6) is 5.69. The Balaban J connectivity index is 1.99. The number of halogens is 1. The van der Waals surface area contributed by atoms with Crippen molar-refractivity contribution in [3.8, 4) is 0 Å². The topological polar surface area (TPSA) is 47.3 Å². The first-order valence-corrected chi connectivity index (χ1v) is 7.23. The maximum absolute atomic E-state index is 5.69.